The summed E-state index contributed by atoms with van der Waals surface area (Å²) in [4.78, 5) is 12.3. The summed E-state index contributed by atoms with van der Waals surface area (Å²) in [7, 11) is 0. The maximum Gasteiger partial charge on any atom is 0.272 e. The maximum absolute atomic E-state index is 12.3. The fraction of sp³-hybridized carbons (Fsp3) is 0.130. The molecule has 0 unspecified atom stereocenters. The zero-order chi connectivity index (χ0) is 22.2. The van der Waals surface area contributed by atoms with E-state index < -0.39 is 5.91 Å². The molecule has 0 atom stereocenters. The lowest BCUT2D eigenvalue weighted by molar-refractivity contribution is 0.0955. The summed E-state index contributed by atoms with van der Waals surface area (Å²) < 4.78 is 12.6. The van der Waals surface area contributed by atoms with Crippen LogP contribution in [0, 0.1) is 3.57 Å². The molecule has 0 radical (unpaired) electrons. The number of benzene rings is 3. The molecule has 8 heteroatoms. The van der Waals surface area contributed by atoms with Crippen LogP contribution < -0.4 is 14.9 Å². The van der Waals surface area contributed by atoms with Gasteiger partial charge in [-0.2, -0.15) is 5.10 Å². The Kier molecular flexibility index (Phi) is 8.57. The average molecular weight is 569 g/mol. The minimum atomic E-state index is -0.430. The summed E-state index contributed by atoms with van der Waals surface area (Å²) in [6.45, 7) is 2.83. The minimum absolute atomic E-state index is 0.258. The van der Waals surface area contributed by atoms with Crippen LogP contribution in [0.1, 0.15) is 28.4 Å². The van der Waals surface area contributed by atoms with Crippen LogP contribution in [-0.2, 0) is 6.61 Å². The number of nitrogens with zero attached hydrogens (tertiary/aromatic N) is 1. The van der Waals surface area contributed by atoms with Gasteiger partial charge in [-0.05, 0) is 71.0 Å². The second-order valence-electron chi connectivity index (χ2n) is 6.36. The van der Waals surface area contributed by atoms with E-state index in [-0.39, 0.29) is 10.6 Å². The molecule has 0 bridgehead atoms. The van der Waals surface area contributed by atoms with Gasteiger partial charge in [0.05, 0.1) is 27.0 Å². The number of hydrogen-bond donors (Lipinski definition) is 1. The first kappa shape index (κ1) is 23.4. The van der Waals surface area contributed by atoms with Crippen molar-refractivity contribution in [3.05, 3.63) is 91.0 Å². The monoisotopic (exact) mass is 568 g/mol. The van der Waals surface area contributed by atoms with E-state index in [0.717, 1.165) is 14.7 Å². The Morgan fingerprint density at radius 2 is 1.87 bits per heavy atom. The number of ether oxygens (including phenoxy) is 2. The van der Waals surface area contributed by atoms with Gasteiger partial charge in [-0.15, -0.1) is 0 Å². The van der Waals surface area contributed by atoms with Crippen molar-refractivity contribution in [1.82, 2.24) is 5.43 Å². The number of hydrazone groups is 1. The second kappa shape index (κ2) is 11.4. The van der Waals surface area contributed by atoms with Crippen molar-refractivity contribution in [2.24, 2.45) is 5.10 Å². The van der Waals surface area contributed by atoms with Crippen LogP contribution in [0.2, 0.25) is 10.0 Å². The maximum atomic E-state index is 12.3. The van der Waals surface area contributed by atoms with Gasteiger partial charge in [-0.1, -0.05) is 53.5 Å². The molecule has 160 valence electrons. The predicted molar refractivity (Wildman–Crippen MR) is 133 cm³/mol. The van der Waals surface area contributed by atoms with Crippen molar-refractivity contribution in [2.75, 3.05) is 6.61 Å². The van der Waals surface area contributed by atoms with E-state index >= 15 is 0 Å². The number of carbonyl (C=O) groups excluding carboxylic acids is 1. The predicted octanol–water partition coefficient (Wildman–Crippen LogP) is 6.34. The van der Waals surface area contributed by atoms with Gasteiger partial charge < -0.3 is 9.47 Å². The quantitative estimate of drug-likeness (QED) is 0.196. The highest BCUT2D eigenvalue weighted by molar-refractivity contribution is 14.1. The van der Waals surface area contributed by atoms with Crippen molar-refractivity contribution in [2.45, 2.75) is 13.5 Å². The first-order chi connectivity index (χ1) is 15.0. The van der Waals surface area contributed by atoms with Crippen LogP contribution in [0.4, 0.5) is 0 Å². The van der Waals surface area contributed by atoms with Crippen LogP contribution >= 0.6 is 45.8 Å². The largest absolute Gasteiger partial charge is 0.490 e. The molecule has 0 saturated heterocycles. The van der Waals surface area contributed by atoms with Crippen molar-refractivity contribution >= 4 is 57.9 Å². The fourth-order valence-electron chi connectivity index (χ4n) is 2.69. The van der Waals surface area contributed by atoms with Gasteiger partial charge in [0, 0.05) is 5.02 Å². The highest BCUT2D eigenvalue weighted by Crippen LogP contribution is 2.34. The third-order valence-electron chi connectivity index (χ3n) is 4.11. The Labute approximate surface area is 204 Å². The Hall–Kier alpha value is -2.29. The first-order valence-electron chi connectivity index (χ1n) is 9.39. The molecule has 1 N–H and O–H groups in total. The van der Waals surface area contributed by atoms with E-state index in [4.69, 9.17) is 32.7 Å². The zero-order valence-electron chi connectivity index (χ0n) is 16.6. The van der Waals surface area contributed by atoms with Crippen molar-refractivity contribution < 1.29 is 14.3 Å². The summed E-state index contributed by atoms with van der Waals surface area (Å²) in [5.74, 6) is 0.847. The molecule has 31 heavy (non-hydrogen) atoms. The van der Waals surface area contributed by atoms with E-state index in [2.05, 4.69) is 33.1 Å². The van der Waals surface area contributed by atoms with E-state index in [9.17, 15) is 4.79 Å². The standard InChI is InChI=1S/C23H19Cl2IN2O3/c1-2-30-21-11-16(10-20(26)22(21)31-14-15-6-4-3-5-7-15)13-27-28-23(29)18-9-8-17(24)12-19(18)25/h3-13H,2,14H2,1H3,(H,28,29)/b27-13-. The molecule has 0 fully saturated rings. The molecule has 3 aromatic carbocycles. The van der Waals surface area contributed by atoms with Gasteiger partial charge >= 0.3 is 0 Å². The molecule has 3 aromatic rings. The molecule has 0 aromatic heterocycles. The van der Waals surface area contributed by atoms with E-state index in [1.54, 1.807) is 12.1 Å². The summed E-state index contributed by atoms with van der Waals surface area (Å²) in [5, 5.41) is 4.75. The van der Waals surface area contributed by atoms with Crippen molar-refractivity contribution in [3.63, 3.8) is 0 Å². The topological polar surface area (TPSA) is 59.9 Å². The van der Waals surface area contributed by atoms with Gasteiger partial charge in [-0.25, -0.2) is 5.43 Å². The summed E-state index contributed by atoms with van der Waals surface area (Å²) in [5.41, 5.74) is 4.57. The summed E-state index contributed by atoms with van der Waals surface area (Å²) in [6.07, 6.45) is 1.54. The Balaban J connectivity index is 1.73. The lowest BCUT2D eigenvalue weighted by Crippen LogP contribution is -2.18. The fourth-order valence-corrected chi connectivity index (χ4v) is 3.97. The lowest BCUT2D eigenvalue weighted by Gasteiger charge is -2.14. The number of nitrogens with one attached hydrogen (secondary N) is 1. The van der Waals surface area contributed by atoms with Gasteiger partial charge in [-0.3, -0.25) is 4.79 Å². The van der Waals surface area contributed by atoms with E-state index in [1.807, 2.05) is 49.4 Å². The van der Waals surface area contributed by atoms with Crippen LogP contribution in [0.25, 0.3) is 0 Å². The molecule has 0 aliphatic carbocycles. The second-order valence-corrected chi connectivity index (χ2v) is 8.37. The Morgan fingerprint density at radius 1 is 1.10 bits per heavy atom. The number of rotatable bonds is 8. The van der Waals surface area contributed by atoms with Crippen LogP contribution in [-0.4, -0.2) is 18.7 Å². The minimum Gasteiger partial charge on any atom is -0.490 e. The van der Waals surface area contributed by atoms with Crippen molar-refractivity contribution in [3.8, 4) is 11.5 Å². The summed E-state index contributed by atoms with van der Waals surface area (Å²) in [6, 6.07) is 18.3. The number of amides is 1. The molecule has 0 heterocycles. The van der Waals surface area contributed by atoms with Crippen molar-refractivity contribution in [1.29, 1.82) is 0 Å². The molecule has 0 aliphatic heterocycles. The Bertz CT molecular complexity index is 1090. The average Bonchev–Trinajstić information content (AvgIpc) is 2.74. The van der Waals surface area contributed by atoms with Crippen LogP contribution in [0.5, 0.6) is 11.5 Å². The third-order valence-corrected chi connectivity index (χ3v) is 5.46. The molecule has 0 aliphatic rings. The highest BCUT2D eigenvalue weighted by Gasteiger charge is 2.13. The van der Waals surface area contributed by atoms with Crippen LogP contribution in [0.3, 0.4) is 0 Å². The number of hydrogen-bond acceptors (Lipinski definition) is 4. The zero-order valence-corrected chi connectivity index (χ0v) is 20.2. The smallest absolute Gasteiger partial charge is 0.272 e. The molecule has 0 spiro atoms. The number of carbonyl (C=O) groups is 1. The molecular formula is C23H19Cl2IN2O3. The van der Waals surface area contributed by atoms with E-state index in [1.165, 1.54) is 12.3 Å². The van der Waals surface area contributed by atoms with Gasteiger partial charge in [0.15, 0.2) is 11.5 Å². The highest BCUT2D eigenvalue weighted by atomic mass is 127. The normalized spacial score (nSPS) is 10.8. The molecule has 0 saturated carbocycles. The molecule has 1 amide bonds. The van der Waals surface area contributed by atoms with E-state index in [0.29, 0.717) is 29.7 Å². The molecule has 5 nitrogen and oxygen atoms in total. The SMILES string of the molecule is CCOc1cc(/C=N\NC(=O)c2ccc(Cl)cc2Cl)cc(I)c1OCc1ccccc1. The van der Waals surface area contributed by atoms with Gasteiger partial charge in [0.1, 0.15) is 6.61 Å². The van der Waals surface area contributed by atoms with Gasteiger partial charge in [0.2, 0.25) is 0 Å². The number of halogens is 3. The molecule has 3 rings (SSSR count). The third kappa shape index (κ3) is 6.59. The van der Waals surface area contributed by atoms with Crippen LogP contribution in [0.15, 0.2) is 65.8 Å². The molecular weight excluding hydrogens is 550 g/mol. The van der Waals surface area contributed by atoms with Gasteiger partial charge in [0.25, 0.3) is 5.91 Å². The lowest BCUT2D eigenvalue weighted by atomic mass is 10.2. The first-order valence-corrected chi connectivity index (χ1v) is 11.2. The summed E-state index contributed by atoms with van der Waals surface area (Å²) >= 11 is 14.1. The Morgan fingerprint density at radius 3 is 2.58 bits per heavy atom.